The first-order chi connectivity index (χ1) is 11.8. The normalized spacial score (nSPS) is 11.5. The molecular formula is C18H18N2O3S2. The minimum Gasteiger partial charge on any atom is -0.321 e. The largest absolute Gasteiger partial charge is 0.321 e. The maximum Gasteiger partial charge on any atom is 0.265 e. The van der Waals surface area contributed by atoms with Gasteiger partial charge in [-0.25, -0.2) is 8.42 Å². The molecule has 0 saturated heterocycles. The molecule has 0 radical (unpaired) electrons. The molecule has 25 heavy (non-hydrogen) atoms. The number of aryl methyl sites for hydroxylation is 1. The van der Waals surface area contributed by atoms with Gasteiger partial charge in [0.05, 0.1) is 16.8 Å². The van der Waals surface area contributed by atoms with Gasteiger partial charge in [-0.1, -0.05) is 18.2 Å². The third kappa shape index (κ3) is 3.67. The smallest absolute Gasteiger partial charge is 0.265 e. The Bertz CT molecular complexity index is 1060. The average Bonchev–Trinajstić information content (AvgIpc) is 2.98. The van der Waals surface area contributed by atoms with Crippen LogP contribution in [0.1, 0.15) is 15.2 Å². The summed E-state index contributed by atoms with van der Waals surface area (Å²) >= 11 is 1.38. The number of carbonyl (C=O) groups is 1. The lowest BCUT2D eigenvalue weighted by Gasteiger charge is -2.16. The van der Waals surface area contributed by atoms with Crippen molar-refractivity contribution in [1.29, 1.82) is 0 Å². The lowest BCUT2D eigenvalue weighted by molar-refractivity contribution is 0.103. The highest BCUT2D eigenvalue weighted by Crippen LogP contribution is 2.30. The molecule has 1 aromatic heterocycles. The third-order valence-corrected chi connectivity index (χ3v) is 6.30. The van der Waals surface area contributed by atoms with Crippen molar-refractivity contribution >= 4 is 48.7 Å². The Kier molecular flexibility index (Phi) is 4.53. The van der Waals surface area contributed by atoms with Crippen molar-refractivity contribution < 1.29 is 13.2 Å². The van der Waals surface area contributed by atoms with Crippen LogP contribution in [-0.2, 0) is 10.0 Å². The van der Waals surface area contributed by atoms with Crippen molar-refractivity contribution in [2.24, 2.45) is 0 Å². The number of para-hydroxylation sites is 1. The number of benzene rings is 2. The highest BCUT2D eigenvalue weighted by atomic mass is 32.2. The Morgan fingerprint density at radius 1 is 1.12 bits per heavy atom. The van der Waals surface area contributed by atoms with E-state index < -0.39 is 10.0 Å². The molecule has 0 aliphatic rings. The summed E-state index contributed by atoms with van der Waals surface area (Å²) in [5.74, 6) is -0.173. The highest BCUT2D eigenvalue weighted by molar-refractivity contribution is 7.92. The fourth-order valence-electron chi connectivity index (χ4n) is 2.43. The Hall–Kier alpha value is -2.38. The number of nitrogens with zero attached hydrogens (tertiary/aromatic N) is 1. The number of sulfonamides is 1. The van der Waals surface area contributed by atoms with Crippen LogP contribution in [0.3, 0.4) is 0 Å². The molecule has 1 heterocycles. The van der Waals surface area contributed by atoms with Crippen molar-refractivity contribution in [2.45, 2.75) is 6.92 Å². The molecule has 0 fully saturated rings. The van der Waals surface area contributed by atoms with Gasteiger partial charge in [-0.15, -0.1) is 11.3 Å². The molecule has 1 amide bonds. The number of hydrogen-bond donors (Lipinski definition) is 1. The molecule has 3 rings (SSSR count). The Labute approximate surface area is 151 Å². The van der Waals surface area contributed by atoms with E-state index in [4.69, 9.17) is 0 Å². The van der Waals surface area contributed by atoms with Crippen molar-refractivity contribution in [3.63, 3.8) is 0 Å². The van der Waals surface area contributed by atoms with Crippen LogP contribution in [0.5, 0.6) is 0 Å². The second-order valence-electron chi connectivity index (χ2n) is 5.83. The van der Waals surface area contributed by atoms with Gasteiger partial charge >= 0.3 is 0 Å². The molecule has 0 spiro atoms. The van der Waals surface area contributed by atoms with Crippen LogP contribution >= 0.6 is 11.3 Å². The molecule has 3 aromatic rings. The van der Waals surface area contributed by atoms with Crippen LogP contribution < -0.4 is 9.62 Å². The second-order valence-corrected chi connectivity index (χ2v) is 8.93. The number of carbonyl (C=O) groups excluding carboxylic acids is 1. The van der Waals surface area contributed by atoms with Gasteiger partial charge in [-0.05, 0) is 48.2 Å². The number of amides is 1. The third-order valence-electron chi connectivity index (χ3n) is 3.98. The maximum absolute atomic E-state index is 12.5. The number of thiophene rings is 1. The first kappa shape index (κ1) is 17.4. The summed E-state index contributed by atoms with van der Waals surface area (Å²) in [5.41, 5.74) is 2.34. The fraction of sp³-hybridized carbons (Fsp3) is 0.167. The van der Waals surface area contributed by atoms with E-state index in [2.05, 4.69) is 5.32 Å². The lowest BCUT2D eigenvalue weighted by atomic mass is 10.2. The first-order valence-electron chi connectivity index (χ1n) is 7.60. The van der Waals surface area contributed by atoms with Gasteiger partial charge in [0.2, 0.25) is 10.0 Å². The van der Waals surface area contributed by atoms with Crippen molar-refractivity contribution in [2.75, 3.05) is 22.9 Å². The average molecular weight is 374 g/mol. The zero-order valence-corrected chi connectivity index (χ0v) is 15.7. The van der Waals surface area contributed by atoms with Crippen LogP contribution in [-0.4, -0.2) is 27.6 Å². The van der Waals surface area contributed by atoms with Crippen molar-refractivity contribution in [3.05, 3.63) is 59.0 Å². The van der Waals surface area contributed by atoms with Gasteiger partial charge in [0, 0.05) is 17.4 Å². The van der Waals surface area contributed by atoms with E-state index in [-0.39, 0.29) is 5.91 Å². The van der Waals surface area contributed by atoms with E-state index in [1.165, 1.54) is 22.7 Å². The maximum atomic E-state index is 12.5. The summed E-state index contributed by atoms with van der Waals surface area (Å²) in [6.45, 7) is 1.94. The van der Waals surface area contributed by atoms with Crippen molar-refractivity contribution in [1.82, 2.24) is 0 Å². The Balaban J connectivity index is 1.91. The standard InChI is InChI=1S/C18H18N2O3S2/c1-12-6-4-5-7-15(12)19-18(21)17-11-13-10-14(8-9-16(13)24-17)20(2)25(3,22)23/h4-11H,1-3H3,(H,19,21). The van der Waals surface area contributed by atoms with Crippen LogP contribution in [0, 0.1) is 6.92 Å². The van der Waals surface area contributed by atoms with E-state index in [0.717, 1.165) is 27.6 Å². The molecular weight excluding hydrogens is 356 g/mol. The van der Waals surface area contributed by atoms with E-state index >= 15 is 0 Å². The zero-order valence-electron chi connectivity index (χ0n) is 14.1. The van der Waals surface area contributed by atoms with Crippen LogP contribution in [0.2, 0.25) is 0 Å². The number of rotatable bonds is 4. The predicted molar refractivity (Wildman–Crippen MR) is 104 cm³/mol. The Morgan fingerprint density at radius 2 is 1.84 bits per heavy atom. The molecule has 0 unspecified atom stereocenters. The van der Waals surface area contributed by atoms with Gasteiger partial charge in [-0.2, -0.15) is 0 Å². The topological polar surface area (TPSA) is 66.5 Å². The molecule has 1 N–H and O–H groups in total. The summed E-state index contributed by atoms with van der Waals surface area (Å²) in [5, 5.41) is 3.75. The lowest BCUT2D eigenvalue weighted by Crippen LogP contribution is -2.24. The zero-order chi connectivity index (χ0) is 18.2. The van der Waals surface area contributed by atoms with E-state index in [0.29, 0.717) is 10.6 Å². The number of fused-ring (bicyclic) bond motifs is 1. The van der Waals surface area contributed by atoms with E-state index in [1.54, 1.807) is 18.2 Å². The minimum absolute atomic E-state index is 0.173. The second kappa shape index (κ2) is 6.50. The molecule has 0 atom stereocenters. The first-order valence-corrected chi connectivity index (χ1v) is 10.3. The van der Waals surface area contributed by atoms with Crippen molar-refractivity contribution in [3.8, 4) is 0 Å². The summed E-state index contributed by atoms with van der Waals surface area (Å²) in [6, 6.07) is 14.7. The van der Waals surface area contributed by atoms with Crippen LogP contribution in [0.15, 0.2) is 48.5 Å². The molecule has 0 saturated carbocycles. The predicted octanol–water partition coefficient (Wildman–Crippen LogP) is 3.86. The molecule has 5 nitrogen and oxygen atoms in total. The van der Waals surface area contributed by atoms with Gasteiger partial charge in [0.15, 0.2) is 0 Å². The molecule has 130 valence electrons. The SMILES string of the molecule is Cc1ccccc1NC(=O)c1cc2cc(N(C)S(C)(=O)=O)ccc2s1. The summed E-state index contributed by atoms with van der Waals surface area (Å²) in [4.78, 5) is 13.1. The summed E-state index contributed by atoms with van der Waals surface area (Å²) < 4.78 is 25.5. The van der Waals surface area contributed by atoms with Crippen LogP contribution in [0.4, 0.5) is 11.4 Å². The number of hydrogen-bond acceptors (Lipinski definition) is 4. The van der Waals surface area contributed by atoms with Gasteiger partial charge < -0.3 is 5.32 Å². The van der Waals surface area contributed by atoms with Crippen LogP contribution in [0.25, 0.3) is 10.1 Å². The molecule has 0 aliphatic heterocycles. The highest BCUT2D eigenvalue weighted by Gasteiger charge is 2.15. The van der Waals surface area contributed by atoms with E-state index in [9.17, 15) is 13.2 Å². The van der Waals surface area contributed by atoms with Gasteiger partial charge in [0.1, 0.15) is 0 Å². The molecule has 0 aliphatic carbocycles. The van der Waals surface area contributed by atoms with Gasteiger partial charge in [0.25, 0.3) is 5.91 Å². The molecule has 2 aromatic carbocycles. The fourth-order valence-corrected chi connectivity index (χ4v) is 3.86. The molecule has 7 heteroatoms. The summed E-state index contributed by atoms with van der Waals surface area (Å²) in [6.07, 6.45) is 1.16. The number of nitrogens with one attached hydrogen (secondary N) is 1. The van der Waals surface area contributed by atoms with Gasteiger partial charge in [-0.3, -0.25) is 9.10 Å². The summed E-state index contributed by atoms with van der Waals surface area (Å²) in [7, 11) is -1.81. The quantitative estimate of drug-likeness (QED) is 0.754. The monoisotopic (exact) mass is 374 g/mol. The number of anilines is 2. The van der Waals surface area contributed by atoms with E-state index in [1.807, 2.05) is 37.3 Å². The minimum atomic E-state index is -3.32. The Morgan fingerprint density at radius 3 is 2.52 bits per heavy atom. The molecule has 0 bridgehead atoms.